The van der Waals surface area contributed by atoms with Crippen LogP contribution in [0.4, 0.5) is 11.4 Å². The smallest absolute Gasteiger partial charge is 0.335 e. The molecule has 0 heterocycles. The second-order valence-corrected chi connectivity index (χ2v) is 7.72. The molecule has 0 aliphatic carbocycles. The standard InChI is InChI=1S/C20H16N2O6S2/c23-17-8-11(19(25)26)4-6-15(17)21-29-13-2-1-3-14(10-13)30-22-16-7-5-12(20(27)28)9-18(16)24/h1-10,21-24H,(H,25,26)(H,27,28). The van der Waals surface area contributed by atoms with Crippen molar-refractivity contribution >= 4 is 47.2 Å². The molecule has 0 aliphatic rings. The third kappa shape index (κ3) is 5.31. The summed E-state index contributed by atoms with van der Waals surface area (Å²) in [5, 5.41) is 37.8. The molecule has 0 aliphatic heterocycles. The average molecular weight is 444 g/mol. The van der Waals surface area contributed by atoms with E-state index in [1.165, 1.54) is 60.3 Å². The number of carboxylic acid groups (broad SMARTS) is 2. The normalized spacial score (nSPS) is 10.4. The lowest BCUT2D eigenvalue weighted by molar-refractivity contribution is 0.0686. The van der Waals surface area contributed by atoms with Crippen LogP contribution in [-0.2, 0) is 0 Å². The average Bonchev–Trinajstić information content (AvgIpc) is 2.72. The van der Waals surface area contributed by atoms with Gasteiger partial charge in [-0.05, 0) is 78.5 Å². The number of carbonyl (C=O) groups is 2. The minimum absolute atomic E-state index is 0.00726. The van der Waals surface area contributed by atoms with Crippen LogP contribution in [0.25, 0.3) is 0 Å². The van der Waals surface area contributed by atoms with Crippen LogP contribution in [0.3, 0.4) is 0 Å². The van der Waals surface area contributed by atoms with Gasteiger partial charge in [-0.25, -0.2) is 9.59 Å². The number of nitrogens with one attached hydrogen (secondary N) is 2. The maximum absolute atomic E-state index is 10.9. The molecule has 0 radical (unpaired) electrons. The fraction of sp³-hybridized carbons (Fsp3) is 0. The lowest BCUT2D eigenvalue weighted by Crippen LogP contribution is -1.97. The van der Waals surface area contributed by atoms with E-state index in [2.05, 4.69) is 9.44 Å². The number of rotatable bonds is 8. The van der Waals surface area contributed by atoms with Crippen LogP contribution in [0, 0.1) is 0 Å². The molecule has 0 bridgehead atoms. The maximum atomic E-state index is 10.9. The molecule has 6 N–H and O–H groups in total. The number of aromatic hydroxyl groups is 2. The molecule has 0 fully saturated rings. The van der Waals surface area contributed by atoms with Gasteiger partial charge in [-0.15, -0.1) is 0 Å². The Morgan fingerprint density at radius 1 is 0.667 bits per heavy atom. The van der Waals surface area contributed by atoms with E-state index in [4.69, 9.17) is 10.2 Å². The highest BCUT2D eigenvalue weighted by atomic mass is 32.2. The molecule has 0 unspecified atom stereocenters. The topological polar surface area (TPSA) is 139 Å². The molecular weight excluding hydrogens is 428 g/mol. The highest BCUT2D eigenvalue weighted by molar-refractivity contribution is 8.01. The van der Waals surface area contributed by atoms with Crippen molar-refractivity contribution in [1.82, 2.24) is 0 Å². The van der Waals surface area contributed by atoms with Crippen molar-refractivity contribution in [2.45, 2.75) is 9.79 Å². The van der Waals surface area contributed by atoms with Gasteiger partial charge in [0.25, 0.3) is 0 Å². The third-order valence-corrected chi connectivity index (χ3v) is 5.48. The summed E-state index contributed by atoms with van der Waals surface area (Å²) in [6, 6.07) is 15.5. The van der Waals surface area contributed by atoms with Crippen LogP contribution >= 0.6 is 23.9 Å². The molecule has 0 atom stereocenters. The first-order valence-electron chi connectivity index (χ1n) is 8.42. The summed E-state index contributed by atoms with van der Waals surface area (Å²) < 4.78 is 5.94. The Bertz CT molecular complexity index is 1020. The van der Waals surface area contributed by atoms with Gasteiger partial charge in [-0.2, -0.15) is 0 Å². The Morgan fingerprint density at radius 3 is 1.47 bits per heavy atom. The van der Waals surface area contributed by atoms with Crippen LogP contribution in [0.15, 0.2) is 70.5 Å². The van der Waals surface area contributed by atoms with Crippen molar-refractivity contribution in [1.29, 1.82) is 0 Å². The zero-order valence-electron chi connectivity index (χ0n) is 15.2. The summed E-state index contributed by atoms with van der Waals surface area (Å²) in [6.07, 6.45) is 0. The largest absolute Gasteiger partial charge is 0.506 e. The van der Waals surface area contributed by atoms with Crippen LogP contribution in [-0.4, -0.2) is 32.4 Å². The fourth-order valence-electron chi connectivity index (χ4n) is 2.33. The molecule has 0 amide bonds. The van der Waals surface area contributed by atoms with Gasteiger partial charge in [0.1, 0.15) is 11.5 Å². The lowest BCUT2D eigenvalue weighted by atomic mass is 10.2. The van der Waals surface area contributed by atoms with Crippen molar-refractivity contribution in [2.75, 3.05) is 9.44 Å². The zero-order valence-corrected chi connectivity index (χ0v) is 16.8. The number of anilines is 2. The van der Waals surface area contributed by atoms with Gasteiger partial charge in [0.15, 0.2) is 0 Å². The van der Waals surface area contributed by atoms with E-state index in [0.717, 1.165) is 9.79 Å². The van der Waals surface area contributed by atoms with E-state index in [9.17, 15) is 19.8 Å². The predicted molar refractivity (Wildman–Crippen MR) is 116 cm³/mol. The quantitative estimate of drug-likeness (QED) is 0.213. The van der Waals surface area contributed by atoms with Crippen LogP contribution in [0.1, 0.15) is 20.7 Å². The molecule has 10 heteroatoms. The summed E-state index contributed by atoms with van der Waals surface area (Å²) in [7, 11) is 0. The Balaban J connectivity index is 1.62. The third-order valence-electron chi connectivity index (χ3n) is 3.85. The zero-order chi connectivity index (χ0) is 21.7. The van der Waals surface area contributed by atoms with E-state index >= 15 is 0 Å². The van der Waals surface area contributed by atoms with Crippen LogP contribution in [0.2, 0.25) is 0 Å². The molecule has 0 saturated carbocycles. The Kier molecular flexibility index (Phi) is 6.60. The fourth-order valence-corrected chi connectivity index (χ4v) is 3.87. The summed E-state index contributed by atoms with van der Waals surface area (Å²) in [5.41, 5.74) is 0.744. The number of benzene rings is 3. The molecule has 3 aromatic rings. The Hall–Kier alpha value is -3.50. The van der Waals surface area contributed by atoms with E-state index in [-0.39, 0.29) is 22.6 Å². The van der Waals surface area contributed by atoms with Gasteiger partial charge >= 0.3 is 11.9 Å². The van der Waals surface area contributed by atoms with E-state index < -0.39 is 11.9 Å². The number of hydrogen-bond acceptors (Lipinski definition) is 8. The van der Waals surface area contributed by atoms with Gasteiger partial charge in [-0.3, -0.25) is 0 Å². The SMILES string of the molecule is O=C(O)c1ccc(NSc2cccc(SNc3ccc(C(=O)O)cc3O)c2)c(O)c1. The van der Waals surface area contributed by atoms with Crippen molar-refractivity contribution in [3.8, 4) is 11.5 Å². The van der Waals surface area contributed by atoms with E-state index in [1.807, 2.05) is 24.3 Å². The molecule has 3 rings (SSSR count). The first kappa shape index (κ1) is 21.2. The maximum Gasteiger partial charge on any atom is 0.335 e. The van der Waals surface area contributed by atoms with E-state index in [1.54, 1.807) is 0 Å². The second-order valence-electron chi connectivity index (χ2n) is 5.96. The summed E-state index contributed by atoms with van der Waals surface area (Å²) in [6.45, 7) is 0. The van der Waals surface area contributed by atoms with Crippen molar-refractivity contribution in [2.24, 2.45) is 0 Å². The number of phenols is 2. The highest BCUT2D eigenvalue weighted by Crippen LogP contribution is 2.33. The number of phenolic OH excluding ortho intramolecular Hbond substituents is 2. The molecular formula is C20H16N2O6S2. The van der Waals surface area contributed by atoms with Crippen molar-refractivity contribution in [3.05, 3.63) is 71.8 Å². The highest BCUT2D eigenvalue weighted by Gasteiger charge is 2.09. The second kappa shape index (κ2) is 9.33. The molecule has 0 saturated heterocycles. The molecule has 8 nitrogen and oxygen atoms in total. The van der Waals surface area contributed by atoms with Gasteiger partial charge in [0.05, 0.1) is 22.5 Å². The Labute approximate surface area is 179 Å². The van der Waals surface area contributed by atoms with Gasteiger partial charge in [-0.1, -0.05) is 6.07 Å². The number of aromatic carboxylic acids is 2. The molecule has 154 valence electrons. The minimum atomic E-state index is -1.12. The predicted octanol–water partition coefficient (Wildman–Crippen LogP) is 4.73. The monoisotopic (exact) mass is 444 g/mol. The summed E-state index contributed by atoms with van der Waals surface area (Å²) in [4.78, 5) is 23.5. The number of hydrogen-bond donors (Lipinski definition) is 6. The van der Waals surface area contributed by atoms with Gasteiger partial charge in [0.2, 0.25) is 0 Å². The summed E-state index contributed by atoms with van der Waals surface area (Å²) in [5.74, 6) is -2.58. The summed E-state index contributed by atoms with van der Waals surface area (Å²) >= 11 is 2.47. The molecule has 0 aromatic heterocycles. The van der Waals surface area contributed by atoms with Gasteiger partial charge < -0.3 is 29.9 Å². The van der Waals surface area contributed by atoms with Crippen molar-refractivity contribution < 1.29 is 30.0 Å². The first-order chi connectivity index (χ1) is 14.3. The molecule has 0 spiro atoms. The minimum Gasteiger partial charge on any atom is -0.506 e. The molecule has 3 aromatic carbocycles. The lowest BCUT2D eigenvalue weighted by Gasteiger charge is -2.10. The number of carboxylic acids is 2. The van der Waals surface area contributed by atoms with E-state index in [0.29, 0.717) is 11.4 Å². The Morgan fingerprint density at radius 2 is 1.10 bits per heavy atom. The molecule has 30 heavy (non-hydrogen) atoms. The van der Waals surface area contributed by atoms with Crippen molar-refractivity contribution in [3.63, 3.8) is 0 Å². The van der Waals surface area contributed by atoms with Crippen LogP contribution < -0.4 is 9.44 Å². The van der Waals surface area contributed by atoms with Gasteiger partial charge in [0, 0.05) is 9.79 Å². The van der Waals surface area contributed by atoms with Crippen LogP contribution in [0.5, 0.6) is 11.5 Å². The first-order valence-corrected chi connectivity index (χ1v) is 10.0.